The van der Waals surface area contributed by atoms with Crippen LogP contribution >= 0.6 is 0 Å². The van der Waals surface area contributed by atoms with Crippen LogP contribution in [0.1, 0.15) is 50.7 Å². The fraction of sp³-hybridized carbons (Fsp3) is 0.647. The number of aliphatic hydroxyl groups excluding tert-OH is 2. The van der Waals surface area contributed by atoms with Gasteiger partial charge in [-0.2, -0.15) is 0 Å². The maximum Gasteiger partial charge on any atom is 0.119 e. The highest BCUT2D eigenvalue weighted by molar-refractivity contribution is 5.29. The summed E-state index contributed by atoms with van der Waals surface area (Å²) < 4.78 is 5.86. The normalized spacial score (nSPS) is 13.9. The molecule has 120 valence electrons. The quantitative estimate of drug-likeness (QED) is 0.586. The second kappa shape index (κ2) is 10.6. The molecule has 0 heterocycles. The van der Waals surface area contributed by atoms with Crippen molar-refractivity contribution in [3.8, 4) is 5.75 Å². The Morgan fingerprint density at radius 1 is 1.24 bits per heavy atom. The summed E-state index contributed by atoms with van der Waals surface area (Å²) in [5.41, 5.74) is 6.32. The first-order valence-corrected chi connectivity index (χ1v) is 7.93. The van der Waals surface area contributed by atoms with E-state index in [1.54, 1.807) is 0 Å². The number of aliphatic hydroxyl groups is 2. The summed E-state index contributed by atoms with van der Waals surface area (Å²) in [6, 6.07) is 7.58. The monoisotopic (exact) mass is 295 g/mol. The lowest BCUT2D eigenvalue weighted by atomic mass is 9.99. The molecular weight excluding hydrogens is 266 g/mol. The van der Waals surface area contributed by atoms with Gasteiger partial charge in [-0.25, -0.2) is 0 Å². The number of benzene rings is 1. The van der Waals surface area contributed by atoms with Gasteiger partial charge < -0.3 is 20.7 Å². The largest absolute Gasteiger partial charge is 0.493 e. The minimum Gasteiger partial charge on any atom is -0.493 e. The van der Waals surface area contributed by atoms with Crippen LogP contribution in [0.2, 0.25) is 0 Å². The molecule has 1 rings (SSSR count). The molecule has 1 aromatic carbocycles. The fourth-order valence-corrected chi connectivity index (χ4v) is 2.45. The molecule has 4 N–H and O–H groups in total. The number of nitrogens with two attached hydrogens (primary N) is 1. The molecule has 0 radical (unpaired) electrons. The van der Waals surface area contributed by atoms with Crippen molar-refractivity contribution < 1.29 is 14.9 Å². The molecule has 0 saturated heterocycles. The van der Waals surface area contributed by atoms with E-state index < -0.39 is 6.10 Å². The zero-order valence-electron chi connectivity index (χ0n) is 13.0. The highest BCUT2D eigenvalue weighted by atomic mass is 16.5. The number of rotatable bonds is 11. The molecule has 0 aliphatic carbocycles. The third-order valence-electron chi connectivity index (χ3n) is 3.64. The first kappa shape index (κ1) is 18.0. The number of hydrogen-bond donors (Lipinski definition) is 3. The van der Waals surface area contributed by atoms with E-state index in [4.69, 9.17) is 15.6 Å². The van der Waals surface area contributed by atoms with E-state index in [-0.39, 0.29) is 6.61 Å². The zero-order chi connectivity index (χ0) is 15.5. The summed E-state index contributed by atoms with van der Waals surface area (Å²) >= 11 is 0. The van der Waals surface area contributed by atoms with Gasteiger partial charge in [0.2, 0.25) is 0 Å². The summed E-state index contributed by atoms with van der Waals surface area (Å²) in [7, 11) is 0. The maximum atomic E-state index is 9.96. The lowest BCUT2D eigenvalue weighted by molar-refractivity contribution is 0.169. The summed E-state index contributed by atoms with van der Waals surface area (Å²) in [5.74, 6) is 1.26. The number of ether oxygens (including phenoxy) is 1. The zero-order valence-corrected chi connectivity index (χ0v) is 13.0. The Balaban J connectivity index is 2.54. The van der Waals surface area contributed by atoms with Crippen LogP contribution in [0.3, 0.4) is 0 Å². The van der Waals surface area contributed by atoms with E-state index in [0.717, 1.165) is 37.0 Å². The second-order valence-corrected chi connectivity index (χ2v) is 5.50. The summed E-state index contributed by atoms with van der Waals surface area (Å²) in [5, 5.41) is 18.9. The van der Waals surface area contributed by atoms with Gasteiger partial charge in [0, 0.05) is 6.61 Å². The van der Waals surface area contributed by atoms with Gasteiger partial charge in [0.15, 0.2) is 0 Å². The molecule has 2 unspecified atom stereocenters. The number of hydrogen-bond acceptors (Lipinski definition) is 4. The van der Waals surface area contributed by atoms with Crippen LogP contribution in [0.5, 0.6) is 5.75 Å². The molecule has 1 aromatic rings. The van der Waals surface area contributed by atoms with Crippen LogP contribution in [0, 0.1) is 5.92 Å². The Morgan fingerprint density at radius 2 is 2.05 bits per heavy atom. The predicted molar refractivity (Wildman–Crippen MR) is 85.3 cm³/mol. The van der Waals surface area contributed by atoms with Gasteiger partial charge in [0.25, 0.3) is 0 Å². The van der Waals surface area contributed by atoms with Gasteiger partial charge in [-0.3, -0.25) is 0 Å². The van der Waals surface area contributed by atoms with E-state index in [2.05, 4.69) is 6.92 Å². The van der Waals surface area contributed by atoms with Gasteiger partial charge >= 0.3 is 0 Å². The Morgan fingerprint density at radius 3 is 2.71 bits per heavy atom. The van der Waals surface area contributed by atoms with Gasteiger partial charge in [0.05, 0.1) is 12.7 Å². The van der Waals surface area contributed by atoms with Crippen LogP contribution in [0.15, 0.2) is 24.3 Å². The van der Waals surface area contributed by atoms with Crippen molar-refractivity contribution in [3.05, 3.63) is 29.8 Å². The second-order valence-electron chi connectivity index (χ2n) is 5.50. The minimum atomic E-state index is -0.528. The Bertz CT molecular complexity index is 384. The molecule has 0 aliphatic heterocycles. The molecule has 0 fully saturated rings. The van der Waals surface area contributed by atoms with Gasteiger partial charge in [-0.05, 0) is 55.8 Å². The third kappa shape index (κ3) is 6.93. The van der Waals surface area contributed by atoms with E-state index in [0.29, 0.717) is 25.5 Å². The van der Waals surface area contributed by atoms with Gasteiger partial charge in [-0.1, -0.05) is 25.5 Å². The highest BCUT2D eigenvalue weighted by Crippen LogP contribution is 2.22. The molecule has 0 bridgehead atoms. The van der Waals surface area contributed by atoms with Crippen molar-refractivity contribution in [2.45, 2.75) is 45.1 Å². The van der Waals surface area contributed by atoms with E-state index >= 15 is 0 Å². The van der Waals surface area contributed by atoms with Crippen LogP contribution in [-0.2, 0) is 0 Å². The van der Waals surface area contributed by atoms with Crippen molar-refractivity contribution in [1.29, 1.82) is 0 Å². The molecule has 2 atom stereocenters. The Hall–Kier alpha value is -1.10. The van der Waals surface area contributed by atoms with E-state index in [9.17, 15) is 5.11 Å². The fourth-order valence-electron chi connectivity index (χ4n) is 2.45. The molecule has 0 spiro atoms. The SMILES string of the molecule is CCCC(CCCO)COc1cccc(C(O)CCN)c1. The van der Waals surface area contributed by atoms with E-state index in [1.807, 2.05) is 24.3 Å². The van der Waals surface area contributed by atoms with E-state index in [1.165, 1.54) is 0 Å². The van der Waals surface area contributed by atoms with Gasteiger partial charge in [0.1, 0.15) is 5.75 Å². The molecule has 4 heteroatoms. The Kier molecular flexibility index (Phi) is 9.06. The highest BCUT2D eigenvalue weighted by Gasteiger charge is 2.10. The lowest BCUT2D eigenvalue weighted by Crippen LogP contribution is -2.13. The molecule has 4 nitrogen and oxygen atoms in total. The van der Waals surface area contributed by atoms with Gasteiger partial charge in [-0.15, -0.1) is 0 Å². The summed E-state index contributed by atoms with van der Waals surface area (Å²) in [6.45, 7) is 3.52. The average Bonchev–Trinajstić information content (AvgIpc) is 2.50. The predicted octanol–water partition coefficient (Wildman–Crippen LogP) is 2.64. The molecule has 0 aliphatic rings. The summed E-state index contributed by atoms with van der Waals surface area (Å²) in [6.07, 6.45) is 4.06. The maximum absolute atomic E-state index is 9.96. The lowest BCUT2D eigenvalue weighted by Gasteiger charge is -2.17. The van der Waals surface area contributed by atoms with Crippen LogP contribution in [0.4, 0.5) is 0 Å². The third-order valence-corrected chi connectivity index (χ3v) is 3.64. The standard InChI is InChI=1S/C17H29NO3/c1-2-5-14(6-4-11-19)13-21-16-8-3-7-15(12-16)17(20)9-10-18/h3,7-8,12,14,17,19-20H,2,4-6,9-11,13,18H2,1H3. The molecule has 0 saturated carbocycles. The molecule has 0 aromatic heterocycles. The van der Waals surface area contributed by atoms with Crippen molar-refractivity contribution in [2.75, 3.05) is 19.8 Å². The molecule has 0 amide bonds. The van der Waals surface area contributed by atoms with Crippen LogP contribution in [0.25, 0.3) is 0 Å². The topological polar surface area (TPSA) is 75.7 Å². The smallest absolute Gasteiger partial charge is 0.119 e. The van der Waals surface area contributed by atoms with Crippen LogP contribution in [-0.4, -0.2) is 30.0 Å². The van der Waals surface area contributed by atoms with Crippen molar-refractivity contribution in [1.82, 2.24) is 0 Å². The molecule has 21 heavy (non-hydrogen) atoms. The average molecular weight is 295 g/mol. The minimum absolute atomic E-state index is 0.237. The summed E-state index contributed by atoms with van der Waals surface area (Å²) in [4.78, 5) is 0. The van der Waals surface area contributed by atoms with Crippen molar-refractivity contribution in [2.24, 2.45) is 11.7 Å². The first-order valence-electron chi connectivity index (χ1n) is 7.93. The van der Waals surface area contributed by atoms with Crippen LogP contribution < -0.4 is 10.5 Å². The molecular formula is C17H29NO3. The van der Waals surface area contributed by atoms with Crippen molar-refractivity contribution >= 4 is 0 Å². The Labute approximate surface area is 127 Å². The first-order chi connectivity index (χ1) is 10.2. The van der Waals surface area contributed by atoms with Crippen molar-refractivity contribution in [3.63, 3.8) is 0 Å².